The zero-order valence-electron chi connectivity index (χ0n) is 22.1. The van der Waals surface area contributed by atoms with Gasteiger partial charge in [-0.25, -0.2) is 14.8 Å². The van der Waals surface area contributed by atoms with Gasteiger partial charge < -0.3 is 25.8 Å². The standard InChI is InChI=1S/C28H38ClN7OS/c1-35-12-14-36(15-13-35)11-5-10-30-27-31-19-23(29)26(34-27)25-17-21-9-8-20(16-24(21)38-25)18-32-28(37)33-22-6-3-2-4-7-22/h8-9,16-17,19,22H,2-7,10-15,18H2,1H3,(H,30,31,34)(H2,32,33,37). The van der Waals surface area contributed by atoms with Crippen molar-refractivity contribution in [2.24, 2.45) is 0 Å². The molecule has 0 unspecified atom stereocenters. The number of benzene rings is 1. The topological polar surface area (TPSA) is 85.4 Å². The van der Waals surface area contributed by atoms with Gasteiger partial charge in [0.05, 0.1) is 16.1 Å². The molecule has 0 atom stereocenters. The molecular formula is C28H38ClN7OS. The highest BCUT2D eigenvalue weighted by molar-refractivity contribution is 7.22. The Morgan fingerprint density at radius 1 is 1.13 bits per heavy atom. The van der Waals surface area contributed by atoms with Crippen molar-refractivity contribution in [2.45, 2.75) is 51.1 Å². The van der Waals surface area contributed by atoms with Crippen LogP contribution in [0.3, 0.4) is 0 Å². The van der Waals surface area contributed by atoms with E-state index >= 15 is 0 Å². The van der Waals surface area contributed by atoms with Crippen LogP contribution in [0, 0.1) is 0 Å². The van der Waals surface area contributed by atoms with E-state index in [4.69, 9.17) is 16.6 Å². The van der Waals surface area contributed by atoms with Gasteiger partial charge in [-0.3, -0.25) is 0 Å². The van der Waals surface area contributed by atoms with E-state index < -0.39 is 0 Å². The number of nitrogens with zero attached hydrogens (tertiary/aromatic N) is 4. The molecule has 1 aromatic carbocycles. The Hall–Kier alpha value is -2.46. The molecule has 204 valence electrons. The van der Waals surface area contributed by atoms with Gasteiger partial charge in [0.2, 0.25) is 5.95 Å². The van der Waals surface area contributed by atoms with Crippen molar-refractivity contribution in [3.8, 4) is 10.6 Å². The lowest BCUT2D eigenvalue weighted by Gasteiger charge is -2.32. The first kappa shape index (κ1) is 27.1. The van der Waals surface area contributed by atoms with E-state index in [1.54, 1.807) is 17.5 Å². The highest BCUT2D eigenvalue weighted by atomic mass is 35.5. The van der Waals surface area contributed by atoms with E-state index in [0.717, 1.165) is 84.8 Å². The third-order valence-electron chi connectivity index (χ3n) is 7.49. The first-order valence-corrected chi connectivity index (χ1v) is 15.0. The van der Waals surface area contributed by atoms with Crippen molar-refractivity contribution in [2.75, 3.05) is 51.6 Å². The summed E-state index contributed by atoms with van der Waals surface area (Å²) in [5.74, 6) is 0.606. The number of urea groups is 1. The van der Waals surface area contributed by atoms with E-state index in [9.17, 15) is 4.79 Å². The summed E-state index contributed by atoms with van der Waals surface area (Å²) in [4.78, 5) is 27.4. The van der Waals surface area contributed by atoms with Gasteiger partial charge in [0.1, 0.15) is 5.69 Å². The molecule has 1 saturated heterocycles. The second-order valence-electron chi connectivity index (χ2n) is 10.5. The highest BCUT2D eigenvalue weighted by Crippen LogP contribution is 2.36. The van der Waals surface area contributed by atoms with Gasteiger partial charge in [-0.05, 0) is 55.9 Å². The molecule has 8 nitrogen and oxygen atoms in total. The second kappa shape index (κ2) is 13.1. The molecule has 1 aliphatic heterocycles. The molecule has 3 N–H and O–H groups in total. The average molecular weight is 556 g/mol. The smallest absolute Gasteiger partial charge is 0.315 e. The predicted octanol–water partition coefficient (Wildman–Crippen LogP) is 5.19. The van der Waals surface area contributed by atoms with Crippen LogP contribution in [0.1, 0.15) is 44.1 Å². The molecule has 10 heteroatoms. The molecule has 2 amide bonds. The molecule has 5 rings (SSSR count). The van der Waals surface area contributed by atoms with E-state index in [2.05, 4.69) is 62.0 Å². The molecule has 2 aromatic heterocycles. The average Bonchev–Trinajstić information content (AvgIpc) is 3.35. The molecule has 3 heterocycles. The van der Waals surface area contributed by atoms with Gasteiger partial charge in [0, 0.05) is 50.0 Å². The molecule has 38 heavy (non-hydrogen) atoms. The number of amides is 2. The summed E-state index contributed by atoms with van der Waals surface area (Å²) in [7, 11) is 2.18. The van der Waals surface area contributed by atoms with Crippen molar-refractivity contribution in [3.05, 3.63) is 41.0 Å². The number of halogens is 1. The number of hydrogen-bond donors (Lipinski definition) is 3. The number of likely N-dealkylation sites (N-methyl/N-ethyl adjacent to an activating group) is 1. The molecule has 3 aromatic rings. The molecule has 0 spiro atoms. The third-order valence-corrected chi connectivity index (χ3v) is 8.87. The number of fused-ring (bicyclic) bond motifs is 1. The summed E-state index contributed by atoms with van der Waals surface area (Å²) in [5, 5.41) is 11.2. The summed E-state index contributed by atoms with van der Waals surface area (Å²) in [6.07, 6.45) is 8.56. The van der Waals surface area contributed by atoms with Gasteiger partial charge in [-0.1, -0.05) is 43.0 Å². The summed E-state index contributed by atoms with van der Waals surface area (Å²) in [6.45, 7) is 6.95. The maximum Gasteiger partial charge on any atom is 0.315 e. The number of hydrogen-bond acceptors (Lipinski definition) is 7. The van der Waals surface area contributed by atoms with E-state index in [-0.39, 0.29) is 6.03 Å². The summed E-state index contributed by atoms with van der Waals surface area (Å²) in [5.41, 5.74) is 1.82. The van der Waals surface area contributed by atoms with E-state index in [0.29, 0.717) is 23.6 Å². The van der Waals surface area contributed by atoms with Crippen LogP contribution in [-0.4, -0.2) is 78.2 Å². The highest BCUT2D eigenvalue weighted by Gasteiger charge is 2.16. The maximum absolute atomic E-state index is 12.3. The second-order valence-corrected chi connectivity index (χ2v) is 12.0. The number of rotatable bonds is 9. The molecule has 0 bridgehead atoms. The summed E-state index contributed by atoms with van der Waals surface area (Å²) in [6, 6.07) is 8.64. The Morgan fingerprint density at radius 3 is 2.76 bits per heavy atom. The number of piperazine rings is 1. The number of aromatic nitrogens is 2. The molecule has 2 fully saturated rings. The zero-order chi connectivity index (χ0) is 26.3. The molecule has 0 radical (unpaired) electrons. The lowest BCUT2D eigenvalue weighted by molar-refractivity contribution is 0.154. The first-order valence-electron chi connectivity index (χ1n) is 13.8. The largest absolute Gasteiger partial charge is 0.354 e. The summed E-state index contributed by atoms with van der Waals surface area (Å²) >= 11 is 8.17. The third kappa shape index (κ3) is 7.34. The quantitative estimate of drug-likeness (QED) is 0.315. The van der Waals surface area contributed by atoms with Gasteiger partial charge in [0.25, 0.3) is 0 Å². The van der Waals surface area contributed by atoms with Crippen molar-refractivity contribution in [1.82, 2.24) is 30.4 Å². The van der Waals surface area contributed by atoms with Gasteiger partial charge in [-0.2, -0.15) is 0 Å². The number of thiophene rings is 1. The van der Waals surface area contributed by atoms with Gasteiger partial charge >= 0.3 is 6.03 Å². The van der Waals surface area contributed by atoms with Crippen LogP contribution in [-0.2, 0) is 6.54 Å². The molecule has 2 aliphatic rings. The van der Waals surface area contributed by atoms with Crippen LogP contribution in [0.5, 0.6) is 0 Å². The van der Waals surface area contributed by atoms with Crippen LogP contribution in [0.15, 0.2) is 30.5 Å². The fourth-order valence-electron chi connectivity index (χ4n) is 5.17. The van der Waals surface area contributed by atoms with Crippen LogP contribution >= 0.6 is 22.9 Å². The number of nitrogens with one attached hydrogen (secondary N) is 3. The molecule has 1 saturated carbocycles. The Labute approximate surface area is 234 Å². The lowest BCUT2D eigenvalue weighted by atomic mass is 9.96. The summed E-state index contributed by atoms with van der Waals surface area (Å²) < 4.78 is 1.14. The van der Waals surface area contributed by atoms with E-state index in [1.807, 2.05) is 0 Å². The zero-order valence-corrected chi connectivity index (χ0v) is 23.7. The molecule has 1 aliphatic carbocycles. The van der Waals surface area contributed by atoms with Crippen molar-refractivity contribution >= 4 is 45.0 Å². The Balaban J connectivity index is 1.16. The van der Waals surface area contributed by atoms with Crippen LogP contribution in [0.25, 0.3) is 20.7 Å². The van der Waals surface area contributed by atoms with Crippen molar-refractivity contribution < 1.29 is 4.79 Å². The van der Waals surface area contributed by atoms with Crippen molar-refractivity contribution in [1.29, 1.82) is 0 Å². The van der Waals surface area contributed by atoms with Crippen LogP contribution < -0.4 is 16.0 Å². The fourth-order valence-corrected chi connectivity index (χ4v) is 6.55. The number of carbonyl (C=O) groups excluding carboxylic acids is 1. The van der Waals surface area contributed by atoms with Crippen LogP contribution in [0.4, 0.5) is 10.7 Å². The van der Waals surface area contributed by atoms with Crippen LogP contribution in [0.2, 0.25) is 5.02 Å². The lowest BCUT2D eigenvalue weighted by Crippen LogP contribution is -2.44. The maximum atomic E-state index is 12.3. The normalized spacial score (nSPS) is 17.5. The Bertz CT molecular complexity index is 1220. The van der Waals surface area contributed by atoms with Crippen molar-refractivity contribution in [3.63, 3.8) is 0 Å². The Morgan fingerprint density at radius 2 is 1.95 bits per heavy atom. The monoisotopic (exact) mass is 555 g/mol. The number of anilines is 1. The van der Waals surface area contributed by atoms with Gasteiger partial charge in [-0.15, -0.1) is 11.3 Å². The minimum Gasteiger partial charge on any atom is -0.354 e. The number of carbonyl (C=O) groups is 1. The fraction of sp³-hybridized carbons (Fsp3) is 0.536. The SMILES string of the molecule is CN1CCN(CCCNc2ncc(Cl)c(-c3cc4ccc(CNC(=O)NC5CCCCC5)cc4s3)n2)CC1. The van der Waals surface area contributed by atoms with E-state index in [1.165, 1.54) is 19.3 Å². The predicted molar refractivity (Wildman–Crippen MR) is 157 cm³/mol. The first-order chi connectivity index (χ1) is 18.5. The minimum atomic E-state index is -0.0832. The van der Waals surface area contributed by atoms with Gasteiger partial charge in [0.15, 0.2) is 0 Å². The Kier molecular flexibility index (Phi) is 9.32. The molecular weight excluding hydrogens is 518 g/mol. The minimum absolute atomic E-state index is 0.0832.